The topological polar surface area (TPSA) is 127 Å². The van der Waals surface area contributed by atoms with E-state index in [4.69, 9.17) is 10.5 Å². The van der Waals surface area contributed by atoms with Crippen molar-refractivity contribution in [3.8, 4) is 11.8 Å². The predicted octanol–water partition coefficient (Wildman–Crippen LogP) is 0.554. The molecule has 0 amide bonds. The maximum absolute atomic E-state index is 13.1. The summed E-state index contributed by atoms with van der Waals surface area (Å²) < 4.78 is 20.3. The van der Waals surface area contributed by atoms with Crippen LogP contribution < -0.4 is 5.73 Å². The molecule has 1 aliphatic heterocycles. The van der Waals surface area contributed by atoms with Crippen LogP contribution in [0.2, 0.25) is 0 Å². The molecule has 1 fully saturated rings. The molecule has 4 atom stereocenters. The quantitative estimate of drug-likeness (QED) is 0.465. The summed E-state index contributed by atoms with van der Waals surface area (Å²) in [6.45, 7) is 0.958. The molecule has 1 aliphatic rings. The molecule has 1 aromatic carbocycles. The van der Waals surface area contributed by atoms with Crippen LogP contribution in [0.3, 0.4) is 0 Å². The molecule has 0 saturated carbocycles. The number of nitrogen functional groups attached to an aromatic ring is 1. The molecule has 3 aromatic rings. The Morgan fingerprint density at radius 2 is 2.00 bits per heavy atom. The predicted molar refractivity (Wildman–Crippen MR) is 102 cm³/mol. The first-order chi connectivity index (χ1) is 13.8. The molecule has 1 saturated heterocycles. The third kappa shape index (κ3) is 3.22. The summed E-state index contributed by atoms with van der Waals surface area (Å²) >= 11 is 0. The van der Waals surface area contributed by atoms with Crippen LogP contribution in [-0.2, 0) is 4.74 Å². The number of nitrogens with two attached hydrogens (primary N) is 1. The average molecular weight is 398 g/mol. The molecule has 3 heterocycles. The second-order valence-electron chi connectivity index (χ2n) is 7.04. The molecule has 0 aliphatic carbocycles. The number of halogens is 1. The fourth-order valence-electron chi connectivity index (χ4n) is 3.44. The minimum absolute atomic E-state index is 0.189. The minimum atomic E-state index is -1.69. The first kappa shape index (κ1) is 19.3. The molecular weight excluding hydrogens is 379 g/mol. The van der Waals surface area contributed by atoms with E-state index in [9.17, 15) is 19.7 Å². The number of benzene rings is 1. The van der Waals surface area contributed by atoms with Gasteiger partial charge in [0.2, 0.25) is 0 Å². The van der Waals surface area contributed by atoms with Gasteiger partial charge in [-0.15, -0.1) is 0 Å². The Labute approximate surface area is 165 Å². The van der Waals surface area contributed by atoms with Crippen molar-refractivity contribution < 1.29 is 24.4 Å². The maximum atomic E-state index is 13.1. The monoisotopic (exact) mass is 398 g/mol. The Morgan fingerprint density at radius 3 is 2.66 bits per heavy atom. The molecule has 0 spiro atoms. The largest absolute Gasteiger partial charge is 0.394 e. The van der Waals surface area contributed by atoms with Gasteiger partial charge in [-0.05, 0) is 31.2 Å². The van der Waals surface area contributed by atoms with Gasteiger partial charge in [-0.3, -0.25) is 0 Å². The zero-order chi connectivity index (χ0) is 20.8. The molecule has 0 radical (unpaired) electrons. The van der Waals surface area contributed by atoms with E-state index in [0.717, 1.165) is 0 Å². The lowest BCUT2D eigenvalue weighted by molar-refractivity contribution is -0.0948. The number of ether oxygens (including phenoxy) is 1. The second-order valence-corrected chi connectivity index (χ2v) is 7.04. The summed E-state index contributed by atoms with van der Waals surface area (Å²) in [7, 11) is 0. The molecule has 9 heteroatoms. The van der Waals surface area contributed by atoms with Crippen molar-refractivity contribution in [3.05, 3.63) is 53.7 Å². The highest BCUT2D eigenvalue weighted by Gasteiger charge is 2.53. The van der Waals surface area contributed by atoms with Crippen LogP contribution in [0.5, 0.6) is 0 Å². The number of hydrogen-bond donors (Lipinski definition) is 4. The van der Waals surface area contributed by atoms with Gasteiger partial charge in [0.15, 0.2) is 6.23 Å². The maximum Gasteiger partial charge on any atom is 0.167 e. The highest BCUT2D eigenvalue weighted by atomic mass is 19.1. The molecule has 5 N–H and O–H groups in total. The van der Waals surface area contributed by atoms with Gasteiger partial charge in [0.25, 0.3) is 0 Å². The highest BCUT2D eigenvalue weighted by molar-refractivity contribution is 5.92. The molecule has 29 heavy (non-hydrogen) atoms. The van der Waals surface area contributed by atoms with Crippen molar-refractivity contribution in [1.82, 2.24) is 14.5 Å². The Morgan fingerprint density at radius 1 is 1.28 bits per heavy atom. The van der Waals surface area contributed by atoms with E-state index in [1.807, 2.05) is 0 Å². The summed E-state index contributed by atoms with van der Waals surface area (Å²) in [6, 6.07) is 5.72. The van der Waals surface area contributed by atoms with Gasteiger partial charge >= 0.3 is 0 Å². The summed E-state index contributed by atoms with van der Waals surface area (Å²) in [5.74, 6) is 5.73. The van der Waals surface area contributed by atoms with Crippen LogP contribution in [0, 0.1) is 17.7 Å². The normalized spacial score (nSPS) is 26.4. The third-order valence-electron chi connectivity index (χ3n) is 5.01. The molecular formula is C20H19FN4O4. The van der Waals surface area contributed by atoms with Crippen molar-refractivity contribution >= 4 is 16.9 Å². The van der Waals surface area contributed by atoms with Crippen LogP contribution in [0.15, 0.2) is 36.8 Å². The molecule has 0 bridgehead atoms. The van der Waals surface area contributed by atoms with Gasteiger partial charge in [-0.1, -0.05) is 11.8 Å². The first-order valence-electron chi connectivity index (χ1n) is 8.88. The van der Waals surface area contributed by atoms with Crippen molar-refractivity contribution in [2.24, 2.45) is 0 Å². The van der Waals surface area contributed by atoms with Crippen LogP contribution in [-0.4, -0.2) is 54.3 Å². The van der Waals surface area contributed by atoms with Crippen LogP contribution in [0.25, 0.3) is 11.0 Å². The zero-order valence-electron chi connectivity index (χ0n) is 15.5. The third-order valence-corrected chi connectivity index (χ3v) is 5.01. The van der Waals surface area contributed by atoms with Crippen LogP contribution >= 0.6 is 0 Å². The zero-order valence-corrected chi connectivity index (χ0v) is 15.5. The van der Waals surface area contributed by atoms with Gasteiger partial charge in [-0.2, -0.15) is 0 Å². The Balaban J connectivity index is 1.84. The summed E-state index contributed by atoms with van der Waals surface area (Å²) in [6.07, 6.45) is -0.427. The Bertz CT molecular complexity index is 1120. The van der Waals surface area contributed by atoms with Crippen molar-refractivity contribution in [2.45, 2.75) is 31.0 Å². The smallest absolute Gasteiger partial charge is 0.167 e. The number of hydrogen-bond acceptors (Lipinski definition) is 7. The van der Waals surface area contributed by atoms with E-state index in [0.29, 0.717) is 22.2 Å². The van der Waals surface area contributed by atoms with Crippen LogP contribution in [0.1, 0.15) is 24.3 Å². The number of aliphatic hydroxyl groups is 3. The lowest BCUT2D eigenvalue weighted by atomic mass is 9.96. The molecule has 150 valence electrons. The van der Waals surface area contributed by atoms with Crippen molar-refractivity contribution in [1.29, 1.82) is 0 Å². The van der Waals surface area contributed by atoms with Gasteiger partial charge in [0.1, 0.15) is 41.4 Å². The van der Waals surface area contributed by atoms with E-state index < -0.39 is 30.6 Å². The van der Waals surface area contributed by atoms with Crippen LogP contribution in [0.4, 0.5) is 10.2 Å². The second kappa shape index (κ2) is 7.09. The summed E-state index contributed by atoms with van der Waals surface area (Å²) in [4.78, 5) is 8.23. The summed E-state index contributed by atoms with van der Waals surface area (Å²) in [5, 5.41) is 31.0. The Kier molecular flexibility index (Phi) is 4.72. The van der Waals surface area contributed by atoms with Crippen molar-refractivity contribution in [3.63, 3.8) is 0 Å². The lowest BCUT2D eigenvalue weighted by Gasteiger charge is -2.27. The molecule has 0 unspecified atom stereocenters. The molecule has 4 rings (SSSR count). The number of fused-ring (bicyclic) bond motifs is 1. The van der Waals surface area contributed by atoms with E-state index in [-0.39, 0.29) is 11.6 Å². The van der Waals surface area contributed by atoms with Gasteiger partial charge in [0, 0.05) is 11.8 Å². The number of rotatable bonds is 2. The summed E-state index contributed by atoms with van der Waals surface area (Å²) in [5.41, 5.74) is 5.77. The molecule has 8 nitrogen and oxygen atoms in total. The molecule has 2 aromatic heterocycles. The van der Waals surface area contributed by atoms with Gasteiger partial charge in [0.05, 0.1) is 17.6 Å². The minimum Gasteiger partial charge on any atom is -0.394 e. The van der Waals surface area contributed by atoms with E-state index in [1.54, 1.807) is 18.3 Å². The highest BCUT2D eigenvalue weighted by Crippen LogP contribution is 2.40. The van der Waals surface area contributed by atoms with E-state index in [2.05, 4.69) is 21.8 Å². The SMILES string of the molecule is C[C@@]1(O)[C@H](O)[C@@H](CO)O[C@H]1n1cc(C#Cc2ccc(F)cc2)c2c(N)ncnc21. The first-order valence-corrected chi connectivity index (χ1v) is 8.88. The average Bonchev–Trinajstić information content (AvgIpc) is 3.17. The fraction of sp³-hybridized carbons (Fsp3) is 0.300. The fourth-order valence-corrected chi connectivity index (χ4v) is 3.44. The lowest BCUT2D eigenvalue weighted by Crippen LogP contribution is -2.44. The Hall–Kier alpha value is -3.03. The van der Waals surface area contributed by atoms with E-state index >= 15 is 0 Å². The number of anilines is 1. The van der Waals surface area contributed by atoms with Gasteiger partial charge in [-0.25, -0.2) is 14.4 Å². The number of nitrogens with zero attached hydrogens (tertiary/aromatic N) is 3. The number of aromatic nitrogens is 3. The van der Waals surface area contributed by atoms with E-state index in [1.165, 1.54) is 30.0 Å². The van der Waals surface area contributed by atoms with Gasteiger partial charge < -0.3 is 30.4 Å². The standard InChI is InChI=1S/C20H19FN4O4/c1-20(28)16(27)14(9-26)29-19(20)25-8-12(15-17(22)23-10-24-18(15)25)5-2-11-3-6-13(21)7-4-11/h3-4,6-8,10,14,16,19,26-28H,9H2,1H3,(H2,22,23,24)/t14-,16-,19-,20-/m1/s1. The number of aliphatic hydroxyl groups excluding tert-OH is 2. The van der Waals surface area contributed by atoms with Crippen molar-refractivity contribution in [2.75, 3.05) is 12.3 Å².